The molecule has 0 bridgehead atoms. The van der Waals surface area contributed by atoms with E-state index in [4.69, 9.17) is 4.74 Å². The number of ether oxygens (including phenoxy) is 1. The van der Waals surface area contributed by atoms with Crippen LogP contribution in [0.3, 0.4) is 0 Å². The largest absolute Gasteiger partial charge is 0.497 e. The van der Waals surface area contributed by atoms with Crippen LogP contribution in [0.2, 0.25) is 0 Å². The zero-order valence-corrected chi connectivity index (χ0v) is 25.1. The highest BCUT2D eigenvalue weighted by molar-refractivity contribution is 6.01. The minimum Gasteiger partial charge on any atom is -0.497 e. The highest BCUT2D eigenvalue weighted by Crippen LogP contribution is 2.49. The smallest absolute Gasteiger partial charge is 0.251 e. The van der Waals surface area contributed by atoms with Crippen LogP contribution < -0.4 is 20.3 Å². The molecule has 1 atom stereocenters. The number of nitrogens with one attached hydrogen (secondary N) is 2. The van der Waals surface area contributed by atoms with Gasteiger partial charge in [-0.2, -0.15) is 0 Å². The molecule has 2 aromatic carbocycles. The van der Waals surface area contributed by atoms with E-state index in [2.05, 4.69) is 20.4 Å². The third-order valence-electron chi connectivity index (χ3n) is 10.4. The fourth-order valence-electron chi connectivity index (χ4n) is 7.62. The second kappa shape index (κ2) is 12.6. The van der Waals surface area contributed by atoms with Gasteiger partial charge in [-0.25, -0.2) is 4.39 Å². The monoisotopic (exact) mass is 590 g/mol. The molecule has 1 aliphatic carbocycles. The van der Waals surface area contributed by atoms with E-state index in [0.29, 0.717) is 40.3 Å². The first-order valence-corrected chi connectivity index (χ1v) is 15.9. The molecule has 1 spiro atoms. The van der Waals surface area contributed by atoms with Crippen molar-refractivity contribution in [2.75, 3.05) is 44.7 Å². The van der Waals surface area contributed by atoms with Crippen LogP contribution in [0.1, 0.15) is 79.6 Å². The average Bonchev–Trinajstić information content (AvgIpc) is 3.00. The molecule has 3 aliphatic heterocycles. The summed E-state index contributed by atoms with van der Waals surface area (Å²) in [5.41, 5.74) is 2.27. The molecule has 2 aromatic rings. The van der Waals surface area contributed by atoms with Crippen molar-refractivity contribution in [2.45, 2.75) is 69.7 Å². The van der Waals surface area contributed by atoms with Crippen LogP contribution in [-0.2, 0) is 9.59 Å². The van der Waals surface area contributed by atoms with Gasteiger partial charge in [0.2, 0.25) is 11.8 Å². The van der Waals surface area contributed by atoms with Crippen LogP contribution in [0, 0.1) is 17.2 Å². The average molecular weight is 591 g/mol. The first-order chi connectivity index (χ1) is 20.8. The van der Waals surface area contributed by atoms with E-state index in [0.717, 1.165) is 58.4 Å². The lowest BCUT2D eigenvalue weighted by Crippen LogP contribution is -2.55. The predicted molar refractivity (Wildman–Crippen MR) is 163 cm³/mol. The van der Waals surface area contributed by atoms with Crippen molar-refractivity contribution in [1.29, 1.82) is 0 Å². The maximum atomic E-state index is 15.1. The summed E-state index contributed by atoms with van der Waals surface area (Å²) in [6.45, 7) is 5.04. The van der Waals surface area contributed by atoms with E-state index >= 15 is 4.39 Å². The zero-order valence-electron chi connectivity index (χ0n) is 25.1. The van der Waals surface area contributed by atoms with Gasteiger partial charge in [-0.3, -0.25) is 19.7 Å². The Bertz CT molecular complexity index is 1340. The van der Waals surface area contributed by atoms with Crippen molar-refractivity contribution in [3.8, 4) is 5.75 Å². The second-order valence-electron chi connectivity index (χ2n) is 13.1. The van der Waals surface area contributed by atoms with Gasteiger partial charge in [0.25, 0.3) is 5.91 Å². The van der Waals surface area contributed by atoms with Gasteiger partial charge in [0.15, 0.2) is 0 Å². The molecule has 3 amide bonds. The predicted octanol–water partition coefficient (Wildman–Crippen LogP) is 4.64. The van der Waals surface area contributed by atoms with E-state index < -0.39 is 5.92 Å². The first kappa shape index (κ1) is 29.6. The molecule has 9 heteroatoms. The summed E-state index contributed by atoms with van der Waals surface area (Å²) in [5.74, 6) is -0.0200. The molecule has 4 fully saturated rings. The Balaban J connectivity index is 0.897. The van der Waals surface area contributed by atoms with Crippen molar-refractivity contribution in [3.05, 3.63) is 59.4 Å². The standard InChI is InChI=1S/C34H43FN4O4/c1-43-27-4-2-3-25(19-27)32(41)36-26-21-34(22-26)12-17-38(18-13-34)14-9-23-10-15-39(16-11-23)30-7-5-24(20-29(30)35)28-6-8-31(40)37-33(28)42/h2-5,7,19-20,23,26,28H,6,8-18,21-22H2,1H3,(H,36,41)(H,37,40,42). The molecule has 2 N–H and O–H groups in total. The maximum Gasteiger partial charge on any atom is 0.251 e. The molecule has 1 unspecified atom stereocenters. The van der Waals surface area contributed by atoms with Crippen LogP contribution in [0.25, 0.3) is 0 Å². The fourth-order valence-corrected chi connectivity index (χ4v) is 7.62. The van der Waals surface area contributed by atoms with Crippen molar-refractivity contribution >= 4 is 23.4 Å². The van der Waals surface area contributed by atoms with E-state index in [-0.39, 0.29) is 36.0 Å². The minimum absolute atomic E-state index is 0.0192. The lowest BCUT2D eigenvalue weighted by atomic mass is 9.60. The van der Waals surface area contributed by atoms with Crippen molar-refractivity contribution < 1.29 is 23.5 Å². The van der Waals surface area contributed by atoms with Crippen LogP contribution in [0.5, 0.6) is 5.75 Å². The molecule has 4 aliphatic rings. The number of nitrogens with zero attached hydrogens (tertiary/aromatic N) is 2. The summed E-state index contributed by atoms with van der Waals surface area (Å²) >= 11 is 0. The molecule has 3 saturated heterocycles. The highest BCUT2D eigenvalue weighted by atomic mass is 19.1. The molecule has 8 nitrogen and oxygen atoms in total. The molecular formula is C34H43FN4O4. The Kier molecular flexibility index (Phi) is 8.71. The Morgan fingerprint density at radius 2 is 1.81 bits per heavy atom. The zero-order chi connectivity index (χ0) is 30.0. The summed E-state index contributed by atoms with van der Waals surface area (Å²) < 4.78 is 20.3. The fraction of sp³-hybridized carbons (Fsp3) is 0.559. The maximum absolute atomic E-state index is 15.1. The van der Waals surface area contributed by atoms with Gasteiger partial charge in [0.1, 0.15) is 11.6 Å². The van der Waals surface area contributed by atoms with Gasteiger partial charge >= 0.3 is 0 Å². The number of methoxy groups -OCH3 is 1. The minimum atomic E-state index is -0.465. The summed E-state index contributed by atoms with van der Waals surface area (Å²) in [6, 6.07) is 12.7. The number of imide groups is 1. The number of amides is 3. The number of piperidine rings is 3. The number of likely N-dealkylation sites (tertiary alicyclic amines) is 1. The van der Waals surface area contributed by atoms with E-state index in [1.165, 1.54) is 25.3 Å². The van der Waals surface area contributed by atoms with E-state index in [9.17, 15) is 14.4 Å². The topological polar surface area (TPSA) is 91.0 Å². The van der Waals surface area contributed by atoms with Gasteiger partial charge < -0.3 is 19.9 Å². The third-order valence-corrected chi connectivity index (χ3v) is 10.4. The van der Waals surface area contributed by atoms with Crippen LogP contribution in [0.4, 0.5) is 10.1 Å². The molecule has 0 aromatic heterocycles. The van der Waals surface area contributed by atoms with Crippen LogP contribution in [-0.4, -0.2) is 68.5 Å². The molecule has 43 heavy (non-hydrogen) atoms. The lowest BCUT2D eigenvalue weighted by molar-refractivity contribution is -0.134. The van der Waals surface area contributed by atoms with Gasteiger partial charge in [-0.15, -0.1) is 0 Å². The number of hydrogen-bond acceptors (Lipinski definition) is 6. The third kappa shape index (κ3) is 6.71. The first-order valence-electron chi connectivity index (χ1n) is 15.9. The lowest BCUT2D eigenvalue weighted by Gasteiger charge is -2.52. The highest BCUT2D eigenvalue weighted by Gasteiger charge is 2.46. The number of anilines is 1. The molecular weight excluding hydrogens is 547 g/mol. The summed E-state index contributed by atoms with van der Waals surface area (Å²) in [6.07, 6.45) is 8.54. The Morgan fingerprint density at radius 3 is 2.51 bits per heavy atom. The van der Waals surface area contributed by atoms with E-state index in [1.807, 2.05) is 24.3 Å². The molecule has 6 rings (SSSR count). The van der Waals surface area contributed by atoms with Gasteiger partial charge in [-0.1, -0.05) is 12.1 Å². The normalized spacial score (nSPS) is 23.1. The van der Waals surface area contributed by atoms with Gasteiger partial charge in [0, 0.05) is 31.1 Å². The molecule has 3 heterocycles. The Hall–Kier alpha value is -3.46. The SMILES string of the molecule is COc1cccc(C(=O)NC2CC3(CCN(CCC4CCN(c5ccc(C6CCC(=O)NC6=O)cc5F)CC4)CC3)C2)c1. The number of halogens is 1. The van der Waals surface area contributed by atoms with Crippen molar-refractivity contribution in [1.82, 2.24) is 15.5 Å². The quantitative estimate of drug-likeness (QED) is 0.436. The van der Waals surface area contributed by atoms with Gasteiger partial charge in [-0.05, 0) is 118 Å². The molecule has 0 radical (unpaired) electrons. The number of benzene rings is 2. The summed E-state index contributed by atoms with van der Waals surface area (Å²) in [7, 11) is 1.61. The van der Waals surface area contributed by atoms with Crippen LogP contribution >= 0.6 is 0 Å². The number of carbonyl (C=O) groups excluding carboxylic acids is 3. The van der Waals surface area contributed by atoms with Crippen molar-refractivity contribution in [2.24, 2.45) is 11.3 Å². The molecule has 1 saturated carbocycles. The Labute approximate surface area is 253 Å². The van der Waals surface area contributed by atoms with Crippen LogP contribution in [0.15, 0.2) is 42.5 Å². The summed E-state index contributed by atoms with van der Waals surface area (Å²) in [5, 5.41) is 5.57. The summed E-state index contributed by atoms with van der Waals surface area (Å²) in [4.78, 5) is 41.0. The number of rotatable bonds is 8. The second-order valence-corrected chi connectivity index (χ2v) is 13.1. The van der Waals surface area contributed by atoms with Crippen molar-refractivity contribution in [3.63, 3.8) is 0 Å². The van der Waals surface area contributed by atoms with Gasteiger partial charge in [0.05, 0.1) is 18.7 Å². The Morgan fingerprint density at radius 1 is 1.05 bits per heavy atom. The number of hydrogen-bond donors (Lipinski definition) is 2. The number of carbonyl (C=O) groups is 3. The van der Waals surface area contributed by atoms with E-state index in [1.54, 1.807) is 19.2 Å². The molecule has 230 valence electrons.